The van der Waals surface area contributed by atoms with Gasteiger partial charge in [0.05, 0.1) is 13.2 Å². The molecule has 65 heavy (non-hydrogen) atoms. The molecule has 0 aromatic rings. The number of phosphoric acid groups is 1. The minimum Gasteiger partial charge on any atom is -0.462 e. The third kappa shape index (κ3) is 51.7. The lowest BCUT2D eigenvalue weighted by Crippen LogP contribution is -2.29. The second-order valence-corrected chi connectivity index (χ2v) is 20.3. The van der Waals surface area contributed by atoms with Crippen LogP contribution in [-0.4, -0.2) is 49.3 Å². The molecule has 0 saturated heterocycles. The molecule has 2 atom stereocenters. The fourth-order valence-corrected chi connectivity index (χ4v) is 8.96. The monoisotopic (exact) mass is 940 g/mol. The van der Waals surface area contributed by atoms with Gasteiger partial charge in [0.15, 0.2) is 6.10 Å². The molecule has 0 aliphatic rings. The summed E-state index contributed by atoms with van der Waals surface area (Å²) in [4.78, 5) is 35.1. The predicted octanol–water partition coefficient (Wildman–Crippen LogP) is 17.1. The van der Waals surface area contributed by atoms with Crippen LogP contribution in [0.15, 0.2) is 24.3 Å². The molecule has 9 nitrogen and oxygen atoms in total. The highest BCUT2D eigenvalue weighted by Crippen LogP contribution is 2.43. The van der Waals surface area contributed by atoms with Gasteiger partial charge in [0.25, 0.3) is 0 Å². The summed E-state index contributed by atoms with van der Waals surface area (Å²) in [5.41, 5.74) is 5.38. The van der Waals surface area contributed by atoms with Crippen LogP contribution >= 0.6 is 7.82 Å². The van der Waals surface area contributed by atoms with E-state index in [1.807, 2.05) is 0 Å². The van der Waals surface area contributed by atoms with Gasteiger partial charge in [0, 0.05) is 19.4 Å². The quantitative estimate of drug-likeness (QED) is 0.0264. The summed E-state index contributed by atoms with van der Waals surface area (Å²) in [5, 5.41) is 0. The molecule has 0 saturated carbocycles. The molecule has 0 aromatic carbocycles. The van der Waals surface area contributed by atoms with Gasteiger partial charge in [0.1, 0.15) is 6.61 Å². The normalized spacial score (nSPS) is 13.2. The summed E-state index contributed by atoms with van der Waals surface area (Å²) < 4.78 is 33.0. The Bertz CT molecular complexity index is 1120. The summed E-state index contributed by atoms with van der Waals surface area (Å²) >= 11 is 0. The van der Waals surface area contributed by atoms with E-state index in [4.69, 9.17) is 24.3 Å². The van der Waals surface area contributed by atoms with Crippen LogP contribution in [0, 0.1) is 0 Å². The van der Waals surface area contributed by atoms with Crippen LogP contribution in [0.2, 0.25) is 0 Å². The second-order valence-electron chi connectivity index (χ2n) is 18.8. The van der Waals surface area contributed by atoms with Crippen LogP contribution in [0.3, 0.4) is 0 Å². The Morgan fingerprint density at radius 3 is 1.17 bits per heavy atom. The van der Waals surface area contributed by atoms with Crippen molar-refractivity contribution in [3.05, 3.63) is 24.3 Å². The number of rotatable bonds is 53. The minimum atomic E-state index is -4.38. The van der Waals surface area contributed by atoms with Crippen molar-refractivity contribution in [1.29, 1.82) is 0 Å². The van der Waals surface area contributed by atoms with Gasteiger partial charge in [-0.3, -0.25) is 18.6 Å². The van der Waals surface area contributed by atoms with Crippen molar-refractivity contribution < 1.29 is 37.6 Å². The number of carbonyl (C=O) groups excluding carboxylic acids is 2. The van der Waals surface area contributed by atoms with Crippen molar-refractivity contribution in [3.8, 4) is 0 Å². The Morgan fingerprint density at radius 2 is 0.800 bits per heavy atom. The van der Waals surface area contributed by atoms with E-state index >= 15 is 0 Å². The molecule has 0 aromatic heterocycles. The highest BCUT2D eigenvalue weighted by molar-refractivity contribution is 7.47. The molecule has 0 aliphatic carbocycles. The Morgan fingerprint density at radius 1 is 0.462 bits per heavy atom. The third-order valence-corrected chi connectivity index (χ3v) is 13.3. The zero-order chi connectivity index (χ0) is 47.4. The molecule has 0 bridgehead atoms. The summed E-state index contributed by atoms with van der Waals surface area (Å²) in [6.07, 6.45) is 59.4. The third-order valence-electron chi connectivity index (χ3n) is 12.3. The van der Waals surface area contributed by atoms with E-state index in [0.29, 0.717) is 6.42 Å². The Hall–Kier alpha value is -1.51. The van der Waals surface area contributed by atoms with Gasteiger partial charge in [0.2, 0.25) is 0 Å². The molecule has 2 unspecified atom stereocenters. The fourth-order valence-electron chi connectivity index (χ4n) is 8.20. The maximum absolute atomic E-state index is 12.7. The van der Waals surface area contributed by atoms with E-state index in [-0.39, 0.29) is 38.6 Å². The molecule has 0 heterocycles. The molecule has 0 fully saturated rings. The first-order valence-corrected chi connectivity index (χ1v) is 29.3. The standard InChI is InChI=1S/C55H106NO8P/c1-3-5-7-9-11-13-15-17-19-21-23-25-26-28-29-31-33-35-37-39-41-43-45-47-54(57)61-51-53(52-63-65(59,60)62-50-49-56)64-55(58)48-46-44-42-40-38-36-34-32-30-27-24-22-20-18-16-14-12-10-8-6-4-2/h16,18,22,24,53H,3-15,17,19-21,23,25-52,56H2,1-2H3,(H,59,60)/b18-16-,24-22-. The molecule has 0 spiro atoms. The summed E-state index contributed by atoms with van der Waals surface area (Å²) in [5.74, 6) is -0.817. The highest BCUT2D eigenvalue weighted by Gasteiger charge is 2.26. The van der Waals surface area contributed by atoms with E-state index in [0.717, 1.165) is 51.4 Å². The topological polar surface area (TPSA) is 134 Å². The average molecular weight is 940 g/mol. The Kier molecular flexibility index (Phi) is 50.7. The molecule has 0 radical (unpaired) electrons. The lowest BCUT2D eigenvalue weighted by atomic mass is 10.0. The summed E-state index contributed by atoms with van der Waals surface area (Å²) in [6.45, 7) is 3.78. The van der Waals surface area contributed by atoms with E-state index in [2.05, 4.69) is 38.2 Å². The smallest absolute Gasteiger partial charge is 0.462 e. The maximum atomic E-state index is 12.7. The molecule has 0 amide bonds. The largest absolute Gasteiger partial charge is 0.472 e. The number of hydrogen-bond donors (Lipinski definition) is 2. The zero-order valence-corrected chi connectivity index (χ0v) is 43.6. The van der Waals surface area contributed by atoms with Crippen molar-refractivity contribution >= 4 is 19.8 Å². The van der Waals surface area contributed by atoms with Crippen LogP contribution in [-0.2, 0) is 32.7 Å². The number of unbranched alkanes of at least 4 members (excludes halogenated alkanes) is 36. The first kappa shape index (κ1) is 63.5. The van der Waals surface area contributed by atoms with Crippen LogP contribution in [0.5, 0.6) is 0 Å². The average Bonchev–Trinajstić information content (AvgIpc) is 3.30. The van der Waals surface area contributed by atoms with Gasteiger partial charge in [-0.05, 0) is 44.9 Å². The lowest BCUT2D eigenvalue weighted by molar-refractivity contribution is -0.161. The second kappa shape index (κ2) is 51.9. The van der Waals surface area contributed by atoms with Crippen LogP contribution in [0.25, 0.3) is 0 Å². The van der Waals surface area contributed by atoms with Crippen molar-refractivity contribution in [3.63, 3.8) is 0 Å². The maximum Gasteiger partial charge on any atom is 0.472 e. The van der Waals surface area contributed by atoms with E-state index in [1.54, 1.807) is 0 Å². The van der Waals surface area contributed by atoms with Gasteiger partial charge in [-0.2, -0.15) is 0 Å². The van der Waals surface area contributed by atoms with Crippen molar-refractivity contribution in [1.82, 2.24) is 0 Å². The number of phosphoric ester groups is 1. The number of esters is 2. The number of allylic oxidation sites excluding steroid dienone is 4. The molecular weight excluding hydrogens is 834 g/mol. The van der Waals surface area contributed by atoms with Gasteiger partial charge in [-0.1, -0.05) is 250 Å². The SMILES string of the molecule is CCCCCCC/C=C\C/C=C\CCCCCCCCCCCC(=O)OC(COC(=O)CCCCCCCCCCCCCCCCCCCCCCCCC)COP(=O)(O)OCCN. The Balaban J connectivity index is 3.97. The number of carbonyl (C=O) groups is 2. The van der Waals surface area contributed by atoms with Gasteiger partial charge in [-0.25, -0.2) is 4.57 Å². The molecule has 3 N–H and O–H groups in total. The van der Waals surface area contributed by atoms with Crippen molar-refractivity contribution in [2.75, 3.05) is 26.4 Å². The van der Waals surface area contributed by atoms with Crippen molar-refractivity contribution in [2.45, 2.75) is 290 Å². The van der Waals surface area contributed by atoms with Gasteiger partial charge < -0.3 is 20.1 Å². The minimum absolute atomic E-state index is 0.0547. The summed E-state index contributed by atoms with van der Waals surface area (Å²) in [6, 6.07) is 0. The Labute approximate surface area is 402 Å². The van der Waals surface area contributed by atoms with E-state index in [1.165, 1.54) is 199 Å². The van der Waals surface area contributed by atoms with Crippen LogP contribution in [0.1, 0.15) is 284 Å². The molecule has 0 aliphatic heterocycles. The van der Waals surface area contributed by atoms with Gasteiger partial charge in [-0.15, -0.1) is 0 Å². The fraction of sp³-hybridized carbons (Fsp3) is 0.891. The predicted molar refractivity (Wildman–Crippen MR) is 275 cm³/mol. The zero-order valence-electron chi connectivity index (χ0n) is 42.7. The first-order chi connectivity index (χ1) is 31.8. The van der Waals surface area contributed by atoms with Crippen LogP contribution in [0.4, 0.5) is 0 Å². The number of nitrogens with two attached hydrogens (primary N) is 1. The molecule has 10 heteroatoms. The van der Waals surface area contributed by atoms with Gasteiger partial charge >= 0.3 is 19.8 Å². The van der Waals surface area contributed by atoms with Crippen molar-refractivity contribution in [2.24, 2.45) is 5.73 Å². The molecule has 384 valence electrons. The molecular formula is C55H106NO8P. The van der Waals surface area contributed by atoms with Crippen LogP contribution < -0.4 is 5.73 Å². The molecule has 0 rings (SSSR count). The lowest BCUT2D eigenvalue weighted by Gasteiger charge is -2.19. The number of ether oxygens (including phenoxy) is 2. The number of hydrogen-bond acceptors (Lipinski definition) is 8. The van der Waals surface area contributed by atoms with E-state index in [9.17, 15) is 19.0 Å². The van der Waals surface area contributed by atoms with E-state index < -0.39 is 26.5 Å². The first-order valence-electron chi connectivity index (χ1n) is 27.8. The highest BCUT2D eigenvalue weighted by atomic mass is 31.2. The summed E-state index contributed by atoms with van der Waals surface area (Å²) in [7, 11) is -4.38.